The number of carbonyl (C=O) groups excluding carboxylic acids is 2. The molecule has 0 heterocycles. The molecule has 0 aliphatic carbocycles. The van der Waals surface area contributed by atoms with Gasteiger partial charge in [0.2, 0.25) is 0 Å². The number of aliphatic hydroxyl groups excluding tert-OH is 1. The molecule has 5 nitrogen and oxygen atoms in total. The molecule has 1 unspecified atom stereocenters. The molecule has 0 aromatic carbocycles. The second-order valence-corrected chi connectivity index (χ2v) is 12.0. The van der Waals surface area contributed by atoms with E-state index in [1.807, 2.05) is 0 Å². The SMILES string of the molecule is CCCCCCCCC=CCC=CCC=CCCCC(=O)OCC(CO)OC(=O)CCCCCCCCCCCCCC. The lowest BCUT2D eigenvalue weighted by Crippen LogP contribution is -2.28. The summed E-state index contributed by atoms with van der Waals surface area (Å²) in [5, 5.41) is 9.51. The van der Waals surface area contributed by atoms with Gasteiger partial charge in [0.25, 0.3) is 0 Å². The Kier molecular flexibility index (Phi) is 33.1. The van der Waals surface area contributed by atoms with E-state index in [4.69, 9.17) is 9.47 Å². The molecule has 0 radical (unpaired) electrons. The maximum absolute atomic E-state index is 12.1. The molecule has 0 aliphatic rings. The minimum absolute atomic E-state index is 0.0897. The van der Waals surface area contributed by atoms with E-state index in [2.05, 4.69) is 50.3 Å². The first-order chi connectivity index (χ1) is 21.1. The van der Waals surface area contributed by atoms with Crippen molar-refractivity contribution in [1.29, 1.82) is 0 Å². The van der Waals surface area contributed by atoms with Crippen molar-refractivity contribution in [2.24, 2.45) is 0 Å². The molecule has 0 saturated carbocycles. The van der Waals surface area contributed by atoms with Gasteiger partial charge in [0.15, 0.2) is 6.10 Å². The van der Waals surface area contributed by atoms with Crippen LogP contribution in [0.25, 0.3) is 0 Å². The average Bonchev–Trinajstić information content (AvgIpc) is 3.01. The average molecular weight is 605 g/mol. The van der Waals surface area contributed by atoms with Crippen LogP contribution in [0.2, 0.25) is 0 Å². The van der Waals surface area contributed by atoms with Crippen molar-refractivity contribution in [2.45, 2.75) is 180 Å². The Morgan fingerprint density at radius 3 is 1.47 bits per heavy atom. The smallest absolute Gasteiger partial charge is 0.306 e. The van der Waals surface area contributed by atoms with E-state index < -0.39 is 6.10 Å². The molecule has 0 rings (SSSR count). The summed E-state index contributed by atoms with van der Waals surface area (Å²) in [6.45, 7) is 4.07. The fraction of sp³-hybridized carbons (Fsp3) is 0.789. The number of allylic oxidation sites excluding steroid dienone is 6. The van der Waals surface area contributed by atoms with Crippen molar-refractivity contribution in [3.05, 3.63) is 36.5 Å². The quantitative estimate of drug-likeness (QED) is 0.0470. The maximum Gasteiger partial charge on any atom is 0.306 e. The van der Waals surface area contributed by atoms with Crippen LogP contribution in [0.1, 0.15) is 174 Å². The Bertz CT molecular complexity index is 696. The molecule has 0 aliphatic heterocycles. The highest BCUT2D eigenvalue weighted by molar-refractivity contribution is 5.70. The Morgan fingerprint density at radius 2 is 0.953 bits per heavy atom. The van der Waals surface area contributed by atoms with E-state index in [1.54, 1.807) is 0 Å². The van der Waals surface area contributed by atoms with Gasteiger partial charge in [0, 0.05) is 12.8 Å². The van der Waals surface area contributed by atoms with E-state index in [0.717, 1.165) is 38.5 Å². The van der Waals surface area contributed by atoms with Crippen molar-refractivity contribution in [1.82, 2.24) is 0 Å². The number of ether oxygens (including phenoxy) is 2. The third-order valence-electron chi connectivity index (χ3n) is 7.69. The predicted octanol–water partition coefficient (Wildman–Crippen LogP) is 10.9. The normalized spacial score (nSPS) is 12.5. The summed E-state index contributed by atoms with van der Waals surface area (Å²) in [6.07, 6.45) is 40.6. The van der Waals surface area contributed by atoms with Crippen LogP contribution in [0, 0.1) is 0 Å². The van der Waals surface area contributed by atoms with Crippen LogP contribution in [-0.4, -0.2) is 36.4 Å². The summed E-state index contributed by atoms with van der Waals surface area (Å²) in [5.74, 6) is -0.651. The predicted molar refractivity (Wildman–Crippen MR) is 182 cm³/mol. The molecule has 1 atom stereocenters. The van der Waals surface area contributed by atoms with Crippen molar-refractivity contribution in [3.8, 4) is 0 Å². The second-order valence-electron chi connectivity index (χ2n) is 12.0. The zero-order chi connectivity index (χ0) is 31.5. The third kappa shape index (κ3) is 32.9. The van der Waals surface area contributed by atoms with E-state index in [-0.39, 0.29) is 25.2 Å². The maximum atomic E-state index is 12.1. The molecular formula is C38H68O5. The molecule has 0 bridgehead atoms. The topological polar surface area (TPSA) is 72.8 Å². The lowest BCUT2D eigenvalue weighted by atomic mass is 10.0. The van der Waals surface area contributed by atoms with Crippen LogP contribution >= 0.6 is 0 Å². The van der Waals surface area contributed by atoms with E-state index >= 15 is 0 Å². The lowest BCUT2D eigenvalue weighted by molar-refractivity contribution is -0.161. The number of unbranched alkanes of at least 4 members (excludes halogenated alkanes) is 18. The van der Waals surface area contributed by atoms with Gasteiger partial charge in [-0.25, -0.2) is 0 Å². The molecule has 0 aromatic heterocycles. The number of esters is 2. The summed E-state index contributed by atoms with van der Waals surface area (Å²) < 4.78 is 10.5. The Labute approximate surface area is 266 Å². The molecule has 5 heteroatoms. The van der Waals surface area contributed by atoms with Gasteiger partial charge in [-0.3, -0.25) is 9.59 Å². The van der Waals surface area contributed by atoms with Crippen LogP contribution in [0.3, 0.4) is 0 Å². The monoisotopic (exact) mass is 605 g/mol. The molecular weight excluding hydrogens is 536 g/mol. The number of hydrogen-bond acceptors (Lipinski definition) is 5. The summed E-state index contributed by atoms with van der Waals surface area (Å²) in [5.41, 5.74) is 0. The van der Waals surface area contributed by atoms with Crippen LogP contribution in [-0.2, 0) is 19.1 Å². The Hall–Kier alpha value is -1.88. The van der Waals surface area contributed by atoms with Gasteiger partial charge in [0.05, 0.1) is 6.61 Å². The number of carbonyl (C=O) groups is 2. The molecule has 0 amide bonds. The minimum atomic E-state index is -0.786. The fourth-order valence-electron chi connectivity index (χ4n) is 4.92. The minimum Gasteiger partial charge on any atom is -0.462 e. The van der Waals surface area contributed by atoms with E-state index in [0.29, 0.717) is 19.3 Å². The first kappa shape index (κ1) is 41.1. The second kappa shape index (κ2) is 34.6. The van der Waals surface area contributed by atoms with Crippen molar-refractivity contribution < 1.29 is 24.2 Å². The van der Waals surface area contributed by atoms with Gasteiger partial charge in [-0.05, 0) is 44.9 Å². The van der Waals surface area contributed by atoms with Crippen LogP contribution in [0.4, 0.5) is 0 Å². The van der Waals surface area contributed by atoms with Gasteiger partial charge in [0.1, 0.15) is 6.61 Å². The van der Waals surface area contributed by atoms with Crippen LogP contribution < -0.4 is 0 Å². The van der Waals surface area contributed by atoms with Crippen LogP contribution in [0.15, 0.2) is 36.5 Å². The number of hydrogen-bond donors (Lipinski definition) is 1. The zero-order valence-electron chi connectivity index (χ0n) is 28.2. The largest absolute Gasteiger partial charge is 0.462 e. The Morgan fingerprint density at radius 1 is 0.535 bits per heavy atom. The Balaban J connectivity index is 3.66. The first-order valence-electron chi connectivity index (χ1n) is 18.0. The summed E-state index contributed by atoms with van der Waals surface area (Å²) in [4.78, 5) is 24.1. The standard InChI is InChI=1S/C38H68O5/c1-3-5-7-9-11-13-15-17-18-19-20-21-23-24-26-28-30-32-37(40)42-35-36(34-39)43-38(41)33-31-29-27-25-22-16-14-12-10-8-6-4-2/h17-18,20-21,24,26,36,39H,3-16,19,22-23,25,27-35H2,1-2H3. The summed E-state index contributed by atoms with van der Waals surface area (Å²) in [6, 6.07) is 0. The highest BCUT2D eigenvalue weighted by Crippen LogP contribution is 2.13. The molecule has 1 N–H and O–H groups in total. The molecule has 0 spiro atoms. The van der Waals surface area contributed by atoms with Gasteiger partial charge in [-0.2, -0.15) is 0 Å². The number of rotatable bonds is 32. The lowest BCUT2D eigenvalue weighted by Gasteiger charge is -2.15. The first-order valence-corrected chi connectivity index (χ1v) is 18.0. The van der Waals surface area contributed by atoms with E-state index in [9.17, 15) is 14.7 Å². The fourth-order valence-corrected chi connectivity index (χ4v) is 4.92. The molecule has 43 heavy (non-hydrogen) atoms. The number of aliphatic hydroxyl groups is 1. The zero-order valence-corrected chi connectivity index (χ0v) is 28.2. The molecule has 250 valence electrons. The molecule has 0 fully saturated rings. The van der Waals surface area contributed by atoms with Crippen LogP contribution in [0.5, 0.6) is 0 Å². The van der Waals surface area contributed by atoms with Crippen molar-refractivity contribution >= 4 is 11.9 Å². The molecule has 0 saturated heterocycles. The third-order valence-corrected chi connectivity index (χ3v) is 7.69. The van der Waals surface area contributed by atoms with Gasteiger partial charge < -0.3 is 14.6 Å². The summed E-state index contributed by atoms with van der Waals surface area (Å²) in [7, 11) is 0. The van der Waals surface area contributed by atoms with E-state index in [1.165, 1.54) is 103 Å². The summed E-state index contributed by atoms with van der Waals surface area (Å²) >= 11 is 0. The van der Waals surface area contributed by atoms with Gasteiger partial charge in [-0.1, -0.05) is 153 Å². The van der Waals surface area contributed by atoms with Crippen molar-refractivity contribution in [3.63, 3.8) is 0 Å². The van der Waals surface area contributed by atoms with Gasteiger partial charge in [-0.15, -0.1) is 0 Å². The highest BCUT2D eigenvalue weighted by atomic mass is 16.6. The highest BCUT2D eigenvalue weighted by Gasteiger charge is 2.16. The van der Waals surface area contributed by atoms with Gasteiger partial charge >= 0.3 is 11.9 Å². The van der Waals surface area contributed by atoms with Crippen molar-refractivity contribution in [2.75, 3.05) is 13.2 Å². The molecule has 0 aromatic rings.